The SMILES string of the molecule is CC(=O)NCCNc1cc(N2CCN(C(=O)c3cc(C)nn3C(C)(C)C)CC2)nc(-c2ccccc2)n1. The zero-order valence-electron chi connectivity index (χ0n) is 22.3. The lowest BCUT2D eigenvalue weighted by molar-refractivity contribution is -0.118. The number of hydrogen-bond donors (Lipinski definition) is 2. The quantitative estimate of drug-likeness (QED) is 0.476. The van der Waals surface area contributed by atoms with Crippen molar-refractivity contribution in [2.75, 3.05) is 49.5 Å². The smallest absolute Gasteiger partial charge is 0.272 e. The first-order valence-electron chi connectivity index (χ1n) is 12.7. The Morgan fingerprint density at radius 3 is 2.32 bits per heavy atom. The van der Waals surface area contributed by atoms with E-state index in [0.29, 0.717) is 56.6 Å². The third kappa shape index (κ3) is 6.44. The summed E-state index contributed by atoms with van der Waals surface area (Å²) >= 11 is 0. The molecular formula is C27H36N8O2. The Bertz CT molecular complexity index is 1240. The van der Waals surface area contributed by atoms with Gasteiger partial charge in [-0.05, 0) is 33.8 Å². The van der Waals surface area contributed by atoms with Crippen molar-refractivity contribution in [1.29, 1.82) is 0 Å². The van der Waals surface area contributed by atoms with Crippen LogP contribution in [0.2, 0.25) is 0 Å². The minimum atomic E-state index is -0.279. The van der Waals surface area contributed by atoms with Crippen LogP contribution in [0.25, 0.3) is 11.4 Å². The van der Waals surface area contributed by atoms with Crippen LogP contribution in [0.1, 0.15) is 43.9 Å². The number of rotatable bonds is 7. The summed E-state index contributed by atoms with van der Waals surface area (Å²) in [6.45, 7) is 13.1. The molecule has 1 fully saturated rings. The molecule has 37 heavy (non-hydrogen) atoms. The summed E-state index contributed by atoms with van der Waals surface area (Å²) in [6, 6.07) is 13.6. The van der Waals surface area contributed by atoms with Gasteiger partial charge in [-0.25, -0.2) is 9.97 Å². The zero-order chi connectivity index (χ0) is 26.6. The number of nitrogens with one attached hydrogen (secondary N) is 2. The Kier molecular flexibility index (Phi) is 7.75. The van der Waals surface area contributed by atoms with Gasteiger partial charge in [0.2, 0.25) is 5.91 Å². The van der Waals surface area contributed by atoms with E-state index in [-0.39, 0.29) is 17.4 Å². The average Bonchev–Trinajstić information content (AvgIpc) is 3.29. The van der Waals surface area contributed by atoms with Gasteiger partial charge in [0.25, 0.3) is 5.91 Å². The number of amides is 2. The van der Waals surface area contributed by atoms with Crippen LogP contribution in [-0.2, 0) is 10.3 Å². The van der Waals surface area contributed by atoms with Crippen molar-refractivity contribution < 1.29 is 9.59 Å². The van der Waals surface area contributed by atoms with Gasteiger partial charge in [-0.3, -0.25) is 14.3 Å². The summed E-state index contributed by atoms with van der Waals surface area (Å²) < 4.78 is 1.83. The summed E-state index contributed by atoms with van der Waals surface area (Å²) in [5.41, 5.74) is 2.11. The number of nitrogens with zero attached hydrogens (tertiary/aromatic N) is 6. The summed E-state index contributed by atoms with van der Waals surface area (Å²) in [5.74, 6) is 2.06. The maximum absolute atomic E-state index is 13.4. The molecule has 0 aliphatic carbocycles. The first-order valence-corrected chi connectivity index (χ1v) is 12.7. The molecule has 0 radical (unpaired) electrons. The van der Waals surface area contributed by atoms with Gasteiger partial charge in [-0.2, -0.15) is 5.10 Å². The summed E-state index contributed by atoms with van der Waals surface area (Å²) in [7, 11) is 0. The van der Waals surface area contributed by atoms with E-state index in [1.54, 1.807) is 0 Å². The van der Waals surface area contributed by atoms with Crippen molar-refractivity contribution in [3.8, 4) is 11.4 Å². The van der Waals surface area contributed by atoms with Gasteiger partial charge in [0.05, 0.1) is 11.2 Å². The molecule has 1 saturated heterocycles. The number of piperazine rings is 1. The third-order valence-electron chi connectivity index (χ3n) is 6.13. The average molecular weight is 505 g/mol. The summed E-state index contributed by atoms with van der Waals surface area (Å²) in [5, 5.41) is 10.6. The highest BCUT2D eigenvalue weighted by Gasteiger charge is 2.29. The van der Waals surface area contributed by atoms with Crippen molar-refractivity contribution >= 4 is 23.5 Å². The second-order valence-corrected chi connectivity index (χ2v) is 10.2. The lowest BCUT2D eigenvalue weighted by Crippen LogP contribution is -2.49. The van der Waals surface area contributed by atoms with Crippen LogP contribution in [0.3, 0.4) is 0 Å². The van der Waals surface area contributed by atoms with Gasteiger partial charge in [-0.1, -0.05) is 30.3 Å². The van der Waals surface area contributed by atoms with E-state index >= 15 is 0 Å². The Labute approximate surface area is 218 Å². The number of anilines is 2. The topological polar surface area (TPSA) is 108 Å². The fourth-order valence-electron chi connectivity index (χ4n) is 4.30. The Hall–Kier alpha value is -3.95. The largest absolute Gasteiger partial charge is 0.368 e. The van der Waals surface area contributed by atoms with Gasteiger partial charge >= 0.3 is 0 Å². The van der Waals surface area contributed by atoms with Crippen LogP contribution in [0.5, 0.6) is 0 Å². The number of hydrogen-bond acceptors (Lipinski definition) is 7. The number of aryl methyl sites for hydroxylation is 1. The molecule has 10 nitrogen and oxygen atoms in total. The van der Waals surface area contributed by atoms with Crippen LogP contribution < -0.4 is 15.5 Å². The molecule has 1 aliphatic rings. The van der Waals surface area contributed by atoms with Crippen molar-refractivity contribution in [3.05, 3.63) is 53.9 Å². The molecule has 2 N–H and O–H groups in total. The molecular weight excluding hydrogens is 468 g/mol. The van der Waals surface area contributed by atoms with E-state index in [0.717, 1.165) is 17.1 Å². The predicted molar refractivity (Wildman–Crippen MR) is 145 cm³/mol. The zero-order valence-corrected chi connectivity index (χ0v) is 22.3. The van der Waals surface area contributed by atoms with E-state index in [9.17, 15) is 9.59 Å². The molecule has 196 valence electrons. The molecule has 0 bridgehead atoms. The molecule has 3 aromatic rings. The minimum absolute atomic E-state index is 0.00293. The maximum atomic E-state index is 13.4. The van der Waals surface area contributed by atoms with Gasteiger partial charge in [0, 0.05) is 57.8 Å². The number of aromatic nitrogens is 4. The molecule has 4 rings (SSSR count). The Morgan fingerprint density at radius 2 is 1.68 bits per heavy atom. The van der Waals surface area contributed by atoms with E-state index in [1.165, 1.54) is 6.92 Å². The van der Waals surface area contributed by atoms with E-state index in [1.807, 2.05) is 59.0 Å². The first kappa shape index (κ1) is 26.1. The molecule has 1 aliphatic heterocycles. The lowest BCUT2D eigenvalue weighted by atomic mass is 10.1. The number of benzene rings is 1. The predicted octanol–water partition coefficient (Wildman–Crippen LogP) is 2.91. The summed E-state index contributed by atoms with van der Waals surface area (Å²) in [4.78, 5) is 38.2. The highest BCUT2D eigenvalue weighted by Crippen LogP contribution is 2.24. The molecule has 0 atom stereocenters. The molecule has 0 saturated carbocycles. The molecule has 0 unspecified atom stereocenters. The summed E-state index contributed by atoms with van der Waals surface area (Å²) in [6.07, 6.45) is 0. The normalized spacial score (nSPS) is 14.0. The first-order chi connectivity index (χ1) is 17.6. The van der Waals surface area contributed by atoms with Gasteiger partial charge < -0.3 is 20.4 Å². The van der Waals surface area contributed by atoms with E-state index in [2.05, 4.69) is 41.4 Å². The third-order valence-corrected chi connectivity index (χ3v) is 6.13. The standard InChI is InChI=1S/C27H36N8O2/c1-19-17-22(35(32-19)27(3,4)5)26(37)34-15-13-33(14-16-34)24-18-23(29-12-11-28-20(2)36)30-25(31-24)21-9-7-6-8-10-21/h6-10,17-18H,11-16H2,1-5H3,(H,28,36)(H,29,30,31). The number of carbonyl (C=O) groups excluding carboxylic acids is 2. The van der Waals surface area contributed by atoms with Crippen LogP contribution in [0.15, 0.2) is 42.5 Å². The fraction of sp³-hybridized carbons (Fsp3) is 0.444. The van der Waals surface area contributed by atoms with Crippen molar-refractivity contribution in [2.45, 2.75) is 40.2 Å². The van der Waals surface area contributed by atoms with Crippen LogP contribution in [-0.4, -0.2) is 75.7 Å². The highest BCUT2D eigenvalue weighted by molar-refractivity contribution is 5.93. The second-order valence-electron chi connectivity index (χ2n) is 10.2. The van der Waals surface area contributed by atoms with E-state index in [4.69, 9.17) is 9.97 Å². The second kappa shape index (κ2) is 11.0. The molecule has 0 spiro atoms. The Balaban J connectivity index is 1.50. The van der Waals surface area contributed by atoms with Crippen LogP contribution in [0.4, 0.5) is 11.6 Å². The molecule has 3 heterocycles. The van der Waals surface area contributed by atoms with Crippen LogP contribution >= 0.6 is 0 Å². The highest BCUT2D eigenvalue weighted by atomic mass is 16.2. The fourth-order valence-corrected chi connectivity index (χ4v) is 4.30. The molecule has 1 aromatic carbocycles. The lowest BCUT2D eigenvalue weighted by Gasteiger charge is -2.36. The van der Waals surface area contributed by atoms with Crippen molar-refractivity contribution in [2.24, 2.45) is 0 Å². The molecule has 2 amide bonds. The van der Waals surface area contributed by atoms with Crippen molar-refractivity contribution in [3.63, 3.8) is 0 Å². The maximum Gasteiger partial charge on any atom is 0.272 e. The molecule has 10 heteroatoms. The van der Waals surface area contributed by atoms with Crippen LogP contribution in [0, 0.1) is 6.92 Å². The molecule has 2 aromatic heterocycles. The monoisotopic (exact) mass is 504 g/mol. The van der Waals surface area contributed by atoms with E-state index < -0.39 is 0 Å². The van der Waals surface area contributed by atoms with Gasteiger partial charge in [0.1, 0.15) is 17.3 Å². The van der Waals surface area contributed by atoms with Crippen molar-refractivity contribution in [1.82, 2.24) is 30.0 Å². The minimum Gasteiger partial charge on any atom is -0.368 e. The number of carbonyl (C=O) groups is 2. The van der Waals surface area contributed by atoms with Gasteiger partial charge in [0.15, 0.2) is 5.82 Å². The Morgan fingerprint density at radius 1 is 0.973 bits per heavy atom. The van der Waals surface area contributed by atoms with Gasteiger partial charge in [-0.15, -0.1) is 0 Å².